The van der Waals surface area contributed by atoms with Crippen LogP contribution in [0.25, 0.3) is 21.9 Å². The quantitative estimate of drug-likeness (QED) is 0.481. The Labute approximate surface area is 178 Å². The summed E-state index contributed by atoms with van der Waals surface area (Å²) < 4.78 is 22.4. The van der Waals surface area contributed by atoms with Gasteiger partial charge in [0.05, 0.1) is 31.5 Å². The minimum absolute atomic E-state index is 0.365. The number of amides is 1. The van der Waals surface area contributed by atoms with Crippen molar-refractivity contribution < 1.29 is 23.4 Å². The number of nitriles is 1. The Morgan fingerprint density at radius 1 is 0.968 bits per heavy atom. The van der Waals surface area contributed by atoms with Crippen LogP contribution in [0.1, 0.15) is 12.5 Å². The van der Waals surface area contributed by atoms with Gasteiger partial charge in [0.15, 0.2) is 17.6 Å². The molecule has 0 spiro atoms. The molecule has 1 atom stereocenters. The maximum absolute atomic E-state index is 12.8. The van der Waals surface area contributed by atoms with E-state index in [0.717, 1.165) is 16.4 Å². The van der Waals surface area contributed by atoms with E-state index >= 15 is 0 Å². The normalized spacial score (nSPS) is 11.7. The lowest BCUT2D eigenvalue weighted by atomic mass is 10.1. The highest BCUT2D eigenvalue weighted by molar-refractivity contribution is 6.08. The summed E-state index contributed by atoms with van der Waals surface area (Å²) in [6, 6.07) is 18.1. The Balaban J connectivity index is 1.59. The smallest absolute Gasteiger partial charge is 0.265 e. The molecule has 0 aliphatic rings. The van der Waals surface area contributed by atoms with Gasteiger partial charge < -0.3 is 23.9 Å². The molecule has 7 heteroatoms. The highest BCUT2D eigenvalue weighted by atomic mass is 16.5. The van der Waals surface area contributed by atoms with Crippen molar-refractivity contribution in [3.05, 3.63) is 60.2 Å². The lowest BCUT2D eigenvalue weighted by Crippen LogP contribution is -2.30. The van der Waals surface area contributed by atoms with Gasteiger partial charge in [-0.1, -0.05) is 18.2 Å². The Morgan fingerprint density at radius 3 is 2.48 bits per heavy atom. The van der Waals surface area contributed by atoms with E-state index in [0.29, 0.717) is 34.1 Å². The number of benzene rings is 3. The molecule has 0 bridgehead atoms. The van der Waals surface area contributed by atoms with Gasteiger partial charge in [-0.3, -0.25) is 4.79 Å². The van der Waals surface area contributed by atoms with Gasteiger partial charge in [-0.05, 0) is 31.2 Å². The van der Waals surface area contributed by atoms with Crippen LogP contribution < -0.4 is 19.5 Å². The summed E-state index contributed by atoms with van der Waals surface area (Å²) in [5, 5.41) is 13.7. The van der Waals surface area contributed by atoms with E-state index in [1.165, 1.54) is 7.11 Å². The minimum atomic E-state index is -0.835. The summed E-state index contributed by atoms with van der Waals surface area (Å²) in [6.07, 6.45) is -0.835. The summed E-state index contributed by atoms with van der Waals surface area (Å²) in [7, 11) is 3.02. The van der Waals surface area contributed by atoms with Gasteiger partial charge in [0.2, 0.25) is 0 Å². The van der Waals surface area contributed by atoms with Crippen molar-refractivity contribution in [1.29, 1.82) is 5.26 Å². The fourth-order valence-corrected chi connectivity index (χ4v) is 3.33. The van der Waals surface area contributed by atoms with Crippen molar-refractivity contribution in [2.45, 2.75) is 13.0 Å². The van der Waals surface area contributed by atoms with Crippen LogP contribution in [0.2, 0.25) is 0 Å². The van der Waals surface area contributed by atoms with Gasteiger partial charge in [0.25, 0.3) is 5.91 Å². The topological polar surface area (TPSA) is 93.7 Å². The number of fused-ring (bicyclic) bond motifs is 3. The number of hydrogen-bond donors (Lipinski definition) is 1. The second-order valence-corrected chi connectivity index (χ2v) is 6.87. The first-order chi connectivity index (χ1) is 15.0. The van der Waals surface area contributed by atoms with Gasteiger partial charge in [0, 0.05) is 22.9 Å². The van der Waals surface area contributed by atoms with Crippen molar-refractivity contribution in [3.63, 3.8) is 0 Å². The van der Waals surface area contributed by atoms with Crippen LogP contribution in [0, 0.1) is 11.3 Å². The third-order valence-electron chi connectivity index (χ3n) is 4.92. The van der Waals surface area contributed by atoms with Gasteiger partial charge in [-0.2, -0.15) is 5.26 Å². The number of methoxy groups -OCH3 is 2. The zero-order valence-corrected chi connectivity index (χ0v) is 17.3. The van der Waals surface area contributed by atoms with E-state index in [-0.39, 0.29) is 5.91 Å². The molecule has 0 saturated carbocycles. The van der Waals surface area contributed by atoms with Crippen LogP contribution in [0.15, 0.2) is 59.0 Å². The average Bonchev–Trinajstić information content (AvgIpc) is 3.15. The van der Waals surface area contributed by atoms with Crippen LogP contribution in [0.4, 0.5) is 5.69 Å². The SMILES string of the molecule is COc1cc2c(cc1NC(=O)[C@@H](C)Oc1ccc(C#N)cc1OC)oc1ccccc12. The van der Waals surface area contributed by atoms with E-state index in [4.69, 9.17) is 23.9 Å². The number of anilines is 1. The number of nitrogens with one attached hydrogen (secondary N) is 1. The summed E-state index contributed by atoms with van der Waals surface area (Å²) in [5.74, 6) is 0.875. The number of ether oxygens (including phenoxy) is 3. The molecule has 0 radical (unpaired) electrons. The number of furan rings is 1. The standard InChI is InChI=1S/C24H20N2O5/c1-14(30-20-9-8-15(13-25)10-23(20)29-3)24(27)26-18-12-21-17(11-22(18)28-2)16-6-4-5-7-19(16)31-21/h4-12,14H,1-3H3,(H,26,27)/t14-/m1/s1. The zero-order chi connectivity index (χ0) is 22.0. The molecule has 7 nitrogen and oxygen atoms in total. The van der Waals surface area contributed by atoms with Crippen molar-refractivity contribution in [2.75, 3.05) is 19.5 Å². The fraction of sp³-hybridized carbons (Fsp3) is 0.167. The maximum atomic E-state index is 12.8. The predicted octanol–water partition coefficient (Wildman–Crippen LogP) is 4.88. The Kier molecular flexibility index (Phi) is 5.37. The van der Waals surface area contributed by atoms with Crippen molar-refractivity contribution in [3.8, 4) is 23.3 Å². The summed E-state index contributed by atoms with van der Waals surface area (Å²) in [5.41, 5.74) is 2.30. The first-order valence-electron chi connectivity index (χ1n) is 9.59. The molecule has 0 unspecified atom stereocenters. The molecule has 4 rings (SSSR count). The van der Waals surface area contributed by atoms with E-state index in [1.807, 2.05) is 36.4 Å². The third-order valence-corrected chi connectivity index (χ3v) is 4.92. The van der Waals surface area contributed by atoms with E-state index in [1.54, 1.807) is 38.3 Å². The second-order valence-electron chi connectivity index (χ2n) is 6.87. The predicted molar refractivity (Wildman–Crippen MR) is 117 cm³/mol. The molecule has 1 N–H and O–H groups in total. The molecular formula is C24H20N2O5. The number of rotatable bonds is 6. The monoisotopic (exact) mass is 416 g/mol. The number of carbonyl (C=O) groups excluding carboxylic acids is 1. The molecule has 1 aromatic heterocycles. The molecule has 3 aromatic carbocycles. The van der Waals surface area contributed by atoms with Crippen LogP contribution in [0.5, 0.6) is 17.2 Å². The Morgan fingerprint density at radius 2 is 1.74 bits per heavy atom. The molecule has 0 aliphatic heterocycles. The molecular weight excluding hydrogens is 396 g/mol. The summed E-state index contributed by atoms with van der Waals surface area (Å²) >= 11 is 0. The number of para-hydroxylation sites is 1. The zero-order valence-electron chi connectivity index (χ0n) is 17.3. The Bertz CT molecular complexity index is 1320. The van der Waals surface area contributed by atoms with E-state index < -0.39 is 6.10 Å². The minimum Gasteiger partial charge on any atom is -0.495 e. The second kappa shape index (κ2) is 8.28. The number of hydrogen-bond acceptors (Lipinski definition) is 6. The third kappa shape index (κ3) is 3.83. The molecule has 156 valence electrons. The Hall–Kier alpha value is -4.18. The largest absolute Gasteiger partial charge is 0.495 e. The van der Waals surface area contributed by atoms with E-state index in [9.17, 15) is 4.79 Å². The number of nitrogens with zero attached hydrogens (tertiary/aromatic N) is 1. The van der Waals surface area contributed by atoms with Gasteiger partial charge in [0.1, 0.15) is 16.9 Å². The van der Waals surface area contributed by atoms with Crippen molar-refractivity contribution >= 4 is 33.5 Å². The highest BCUT2D eigenvalue weighted by Crippen LogP contribution is 2.36. The van der Waals surface area contributed by atoms with Crippen molar-refractivity contribution in [2.24, 2.45) is 0 Å². The molecule has 0 saturated heterocycles. The molecule has 0 aliphatic carbocycles. The summed E-state index contributed by atoms with van der Waals surface area (Å²) in [6.45, 7) is 1.62. The lowest BCUT2D eigenvalue weighted by molar-refractivity contribution is -0.122. The van der Waals surface area contributed by atoms with Gasteiger partial charge in [-0.25, -0.2) is 0 Å². The average molecular weight is 416 g/mol. The van der Waals surface area contributed by atoms with Gasteiger partial charge >= 0.3 is 0 Å². The molecule has 1 heterocycles. The van der Waals surface area contributed by atoms with Crippen LogP contribution in [0.3, 0.4) is 0 Å². The van der Waals surface area contributed by atoms with Gasteiger partial charge in [-0.15, -0.1) is 0 Å². The highest BCUT2D eigenvalue weighted by Gasteiger charge is 2.20. The molecule has 31 heavy (non-hydrogen) atoms. The maximum Gasteiger partial charge on any atom is 0.265 e. The molecule has 4 aromatic rings. The van der Waals surface area contributed by atoms with Crippen LogP contribution >= 0.6 is 0 Å². The van der Waals surface area contributed by atoms with Crippen molar-refractivity contribution in [1.82, 2.24) is 0 Å². The van der Waals surface area contributed by atoms with Crippen LogP contribution in [-0.4, -0.2) is 26.2 Å². The van der Waals surface area contributed by atoms with Crippen LogP contribution in [-0.2, 0) is 4.79 Å². The number of carbonyl (C=O) groups is 1. The molecule has 0 fully saturated rings. The fourth-order valence-electron chi connectivity index (χ4n) is 3.33. The summed E-state index contributed by atoms with van der Waals surface area (Å²) in [4.78, 5) is 12.8. The molecule has 1 amide bonds. The first kappa shape index (κ1) is 20.1. The first-order valence-corrected chi connectivity index (χ1v) is 9.59. The van der Waals surface area contributed by atoms with E-state index in [2.05, 4.69) is 5.32 Å². The lowest BCUT2D eigenvalue weighted by Gasteiger charge is -2.17.